The number of amides is 3. The van der Waals surface area contributed by atoms with E-state index in [1.165, 1.54) is 0 Å². The largest absolute Gasteiger partial charge is 0.344 e. The average molecular weight is 476 g/mol. The van der Waals surface area contributed by atoms with E-state index in [0.717, 1.165) is 25.9 Å². The Labute approximate surface area is 200 Å². The van der Waals surface area contributed by atoms with Gasteiger partial charge in [-0.3, -0.25) is 9.79 Å². The molecule has 0 aromatic heterocycles. The van der Waals surface area contributed by atoms with E-state index in [-0.39, 0.29) is 5.41 Å². The van der Waals surface area contributed by atoms with Gasteiger partial charge in [0.05, 0.1) is 5.54 Å². The van der Waals surface area contributed by atoms with Crippen LogP contribution >= 0.6 is 0 Å². The molecule has 0 unspecified atom stereocenters. The first-order chi connectivity index (χ1) is 16.1. The summed E-state index contributed by atoms with van der Waals surface area (Å²) in [7, 11) is 3.70. The molecular formula is C25H35F2N5O2. The summed E-state index contributed by atoms with van der Waals surface area (Å²) in [6, 6.07) is 6.69. The van der Waals surface area contributed by atoms with E-state index in [0.29, 0.717) is 31.5 Å². The van der Waals surface area contributed by atoms with Crippen molar-refractivity contribution in [2.45, 2.75) is 56.0 Å². The van der Waals surface area contributed by atoms with Gasteiger partial charge in [0.25, 0.3) is 5.92 Å². The van der Waals surface area contributed by atoms with E-state index in [1.807, 2.05) is 0 Å². The first-order valence-corrected chi connectivity index (χ1v) is 12.0. The van der Waals surface area contributed by atoms with Crippen molar-refractivity contribution in [2.75, 3.05) is 40.3 Å². The Morgan fingerprint density at radius 3 is 2.38 bits per heavy atom. The second kappa shape index (κ2) is 9.60. The molecule has 2 N–H and O–H groups in total. The van der Waals surface area contributed by atoms with Gasteiger partial charge in [0.1, 0.15) is 6.04 Å². The van der Waals surface area contributed by atoms with Crippen molar-refractivity contribution in [3.63, 3.8) is 0 Å². The van der Waals surface area contributed by atoms with Crippen molar-refractivity contribution < 1.29 is 18.4 Å². The highest BCUT2D eigenvalue weighted by Crippen LogP contribution is 2.40. The minimum absolute atomic E-state index is 0.120. The van der Waals surface area contributed by atoms with Gasteiger partial charge in [-0.25, -0.2) is 13.6 Å². The van der Waals surface area contributed by atoms with Gasteiger partial charge < -0.3 is 20.4 Å². The van der Waals surface area contributed by atoms with E-state index < -0.39 is 42.3 Å². The molecule has 1 aromatic rings. The molecule has 0 bridgehead atoms. The number of hydrogen-bond donors (Lipinski definition) is 2. The van der Waals surface area contributed by atoms with E-state index in [2.05, 4.69) is 27.6 Å². The van der Waals surface area contributed by atoms with Gasteiger partial charge in [0.2, 0.25) is 5.91 Å². The van der Waals surface area contributed by atoms with E-state index in [9.17, 15) is 9.59 Å². The molecule has 1 atom stereocenters. The van der Waals surface area contributed by atoms with Gasteiger partial charge in [-0.15, -0.1) is 0 Å². The molecule has 7 nitrogen and oxygen atoms in total. The van der Waals surface area contributed by atoms with Crippen LogP contribution in [-0.4, -0.2) is 85.7 Å². The maximum atomic E-state index is 15.0. The van der Waals surface area contributed by atoms with Crippen LogP contribution in [0.1, 0.15) is 37.7 Å². The summed E-state index contributed by atoms with van der Waals surface area (Å²) in [6.45, 7) is 3.20. The Morgan fingerprint density at radius 1 is 1.15 bits per heavy atom. The lowest BCUT2D eigenvalue weighted by Crippen LogP contribution is -2.65. The average Bonchev–Trinajstić information content (AvgIpc) is 3.51. The van der Waals surface area contributed by atoms with E-state index in [1.54, 1.807) is 48.5 Å². The molecule has 1 aliphatic carbocycles. The number of aliphatic imine (C=N–C) groups is 1. The number of halogens is 2. The van der Waals surface area contributed by atoms with Crippen LogP contribution in [-0.2, 0) is 11.2 Å². The van der Waals surface area contributed by atoms with Gasteiger partial charge >= 0.3 is 6.03 Å². The lowest BCUT2D eigenvalue weighted by molar-refractivity contribution is -0.126. The summed E-state index contributed by atoms with van der Waals surface area (Å²) in [5.74, 6) is -3.75. The summed E-state index contributed by atoms with van der Waals surface area (Å²) in [5.41, 5.74) is 0.0224. The Kier molecular flexibility index (Phi) is 6.94. The van der Waals surface area contributed by atoms with Crippen molar-refractivity contribution in [1.29, 1.82) is 0 Å². The third-order valence-electron chi connectivity index (χ3n) is 7.35. The molecule has 1 spiro atoms. The van der Waals surface area contributed by atoms with Gasteiger partial charge in [-0.05, 0) is 51.4 Å². The normalized spacial score (nSPS) is 22.3. The van der Waals surface area contributed by atoms with E-state index >= 15 is 8.78 Å². The molecule has 4 rings (SSSR count). The zero-order valence-electron chi connectivity index (χ0n) is 20.0. The summed E-state index contributed by atoms with van der Waals surface area (Å²) in [4.78, 5) is 33.9. The zero-order chi connectivity index (χ0) is 24.4. The number of hydrogen-bond acceptors (Lipinski definition) is 4. The molecule has 3 fully saturated rings. The first kappa shape index (κ1) is 24.6. The smallest absolute Gasteiger partial charge is 0.318 e. The minimum atomic E-state index is -3.16. The fraction of sp³-hybridized carbons (Fsp3) is 0.640. The number of rotatable bonds is 8. The van der Waals surface area contributed by atoms with Crippen LogP contribution in [0.2, 0.25) is 0 Å². The van der Waals surface area contributed by atoms with Crippen molar-refractivity contribution in [3.8, 4) is 0 Å². The molecule has 3 aliphatic rings. The Morgan fingerprint density at radius 2 is 1.79 bits per heavy atom. The third kappa shape index (κ3) is 5.92. The predicted octanol–water partition coefficient (Wildman–Crippen LogP) is 2.71. The Hall–Kier alpha value is -2.55. The van der Waals surface area contributed by atoms with Gasteiger partial charge in [0, 0.05) is 44.6 Å². The summed E-state index contributed by atoms with van der Waals surface area (Å²) in [6.07, 6.45) is 3.85. The number of benzene rings is 1. The molecule has 186 valence electrons. The second-order valence-electron chi connectivity index (χ2n) is 10.4. The second-order valence-corrected chi connectivity index (χ2v) is 10.4. The maximum Gasteiger partial charge on any atom is 0.318 e. The monoisotopic (exact) mass is 475 g/mol. The van der Waals surface area contributed by atoms with Crippen molar-refractivity contribution in [3.05, 3.63) is 35.9 Å². The fourth-order valence-electron chi connectivity index (χ4n) is 5.03. The molecule has 2 heterocycles. The van der Waals surface area contributed by atoms with Crippen molar-refractivity contribution in [2.24, 2.45) is 10.4 Å². The lowest BCUT2D eigenvalue weighted by atomic mass is 9.72. The quantitative estimate of drug-likeness (QED) is 0.568. The van der Waals surface area contributed by atoms with Crippen LogP contribution in [0.25, 0.3) is 0 Å². The highest BCUT2D eigenvalue weighted by molar-refractivity contribution is 5.91. The Bertz CT molecular complexity index is 903. The number of nitrogens with one attached hydrogen (secondary N) is 2. The predicted molar refractivity (Wildman–Crippen MR) is 127 cm³/mol. The minimum Gasteiger partial charge on any atom is -0.344 e. The molecule has 9 heteroatoms. The molecule has 34 heavy (non-hydrogen) atoms. The topological polar surface area (TPSA) is 77.0 Å². The first-order valence-electron chi connectivity index (χ1n) is 12.0. The highest BCUT2D eigenvalue weighted by atomic mass is 19.3. The summed E-state index contributed by atoms with van der Waals surface area (Å²) in [5, 5.41) is 5.46. The van der Waals surface area contributed by atoms with Crippen LogP contribution in [0.5, 0.6) is 0 Å². The van der Waals surface area contributed by atoms with Crippen LogP contribution < -0.4 is 10.6 Å². The number of nitrogens with zero attached hydrogens (tertiary/aromatic N) is 3. The molecular weight excluding hydrogens is 440 g/mol. The summed E-state index contributed by atoms with van der Waals surface area (Å²) < 4.78 is 30.0. The van der Waals surface area contributed by atoms with Crippen LogP contribution in [0.4, 0.5) is 13.6 Å². The van der Waals surface area contributed by atoms with Gasteiger partial charge in [-0.2, -0.15) is 0 Å². The zero-order valence-corrected chi connectivity index (χ0v) is 20.0. The number of carbonyl (C=O) groups is 2. The lowest BCUT2D eigenvalue weighted by Gasteiger charge is -2.53. The maximum absolute atomic E-state index is 15.0. The van der Waals surface area contributed by atoms with Crippen molar-refractivity contribution in [1.82, 2.24) is 20.4 Å². The van der Waals surface area contributed by atoms with E-state index in [4.69, 9.17) is 0 Å². The highest BCUT2D eigenvalue weighted by Gasteiger charge is 2.48. The standard InChI is InChI=1S/C25H35F2N5O2/c1-28-16-24(8-9-24)30-21(33)20(15-25(26,27)14-19-6-4-3-5-7-19)29-22(34)32-17-23(18-32)10-12-31(2)13-11-23/h3-7,16,20H,8-15,17-18H2,1-2H3,(H,29,34)(H,30,33)/t20-/m0/s1. The van der Waals surface area contributed by atoms with Crippen LogP contribution in [0, 0.1) is 5.41 Å². The van der Waals surface area contributed by atoms with Crippen LogP contribution in [0.3, 0.4) is 0 Å². The molecule has 2 saturated heterocycles. The third-order valence-corrected chi connectivity index (χ3v) is 7.35. The number of likely N-dealkylation sites (tertiary alicyclic amines) is 2. The molecule has 2 aliphatic heterocycles. The molecule has 0 radical (unpaired) electrons. The number of alkyl halides is 2. The Balaban J connectivity index is 1.41. The number of urea groups is 1. The SMILES string of the molecule is CN=CC1(NC(=O)[C@H](CC(F)(F)Cc2ccccc2)NC(=O)N2CC3(CCN(C)CC3)C2)CC1. The number of piperidine rings is 1. The van der Waals surface area contributed by atoms with Crippen molar-refractivity contribution >= 4 is 18.2 Å². The van der Waals surface area contributed by atoms with Crippen LogP contribution in [0.15, 0.2) is 35.3 Å². The van der Waals surface area contributed by atoms with Gasteiger partial charge in [0.15, 0.2) is 0 Å². The fourth-order valence-corrected chi connectivity index (χ4v) is 5.03. The molecule has 3 amide bonds. The molecule has 1 saturated carbocycles. The molecule has 1 aromatic carbocycles. The van der Waals surface area contributed by atoms with Gasteiger partial charge in [-0.1, -0.05) is 30.3 Å². The number of carbonyl (C=O) groups excluding carboxylic acids is 2. The summed E-state index contributed by atoms with van der Waals surface area (Å²) >= 11 is 0.